The third kappa shape index (κ3) is 4.01. The Morgan fingerprint density at radius 3 is 2.50 bits per heavy atom. The second kappa shape index (κ2) is 8.04. The number of benzene rings is 2. The molecule has 4 nitrogen and oxygen atoms in total. The highest BCUT2D eigenvalue weighted by Gasteiger charge is 2.49. The molecule has 0 saturated carbocycles. The number of carboxylic acid groups (broad SMARTS) is 1. The number of Topliss-reactive ketones (excluding diaryl/α,β-unsaturated/α-hetero) is 1. The first-order chi connectivity index (χ1) is 14.0. The average Bonchev–Trinajstić information content (AvgIpc) is 2.67. The Kier molecular flexibility index (Phi) is 5.82. The molecule has 0 spiro atoms. The van der Waals surface area contributed by atoms with Crippen molar-refractivity contribution in [2.45, 2.75) is 46.1 Å². The van der Waals surface area contributed by atoms with Gasteiger partial charge in [-0.3, -0.25) is 4.79 Å². The molecule has 1 atom stereocenters. The van der Waals surface area contributed by atoms with Crippen molar-refractivity contribution in [3.05, 3.63) is 83.0 Å². The molecule has 2 aromatic rings. The fourth-order valence-corrected chi connectivity index (χ4v) is 4.30. The highest BCUT2D eigenvalue weighted by molar-refractivity contribution is 5.99. The van der Waals surface area contributed by atoms with E-state index in [2.05, 4.69) is 0 Å². The Morgan fingerprint density at radius 1 is 1.13 bits per heavy atom. The number of fused-ring (bicyclic) bond motifs is 1. The minimum atomic E-state index is -1.35. The summed E-state index contributed by atoms with van der Waals surface area (Å²) in [5, 5.41) is 22.8. The summed E-state index contributed by atoms with van der Waals surface area (Å²) in [6.45, 7) is 7.21. The van der Waals surface area contributed by atoms with Crippen molar-refractivity contribution in [1.29, 1.82) is 0 Å². The summed E-state index contributed by atoms with van der Waals surface area (Å²) in [5.41, 5.74) is 0.745. The lowest BCUT2D eigenvalue weighted by Crippen LogP contribution is -2.49. The molecule has 0 aromatic heterocycles. The molecule has 3 rings (SSSR count). The molecule has 0 amide bonds. The number of aliphatic carboxylic acids is 1. The van der Waals surface area contributed by atoms with Crippen molar-refractivity contribution in [3.8, 4) is 0 Å². The lowest BCUT2D eigenvalue weighted by molar-refractivity contribution is -0.131. The number of ketones is 1. The molecule has 0 fully saturated rings. The molecule has 2 N–H and O–H groups in total. The number of allylic oxidation sites excluding steroid dienone is 3. The van der Waals surface area contributed by atoms with E-state index in [1.807, 2.05) is 56.3 Å². The SMILES string of the molecule is CC1=C(Cc2cccc3ccccc23)C(=O)CC(C)(C)[C@]1(O)/C=C/C(C)=C\C(=O)O. The predicted octanol–water partition coefficient (Wildman–Crippen LogP) is 5.02. The van der Waals surface area contributed by atoms with Crippen LogP contribution in [0.4, 0.5) is 0 Å². The topological polar surface area (TPSA) is 74.6 Å². The highest BCUT2D eigenvalue weighted by atomic mass is 16.4. The smallest absolute Gasteiger partial charge is 0.328 e. The summed E-state index contributed by atoms with van der Waals surface area (Å²) in [4.78, 5) is 24.0. The van der Waals surface area contributed by atoms with Gasteiger partial charge in [0.15, 0.2) is 5.78 Å². The second-order valence-electron chi connectivity index (χ2n) is 8.73. The van der Waals surface area contributed by atoms with Gasteiger partial charge in [-0.15, -0.1) is 0 Å². The molecule has 0 unspecified atom stereocenters. The summed E-state index contributed by atoms with van der Waals surface area (Å²) in [7, 11) is 0. The number of carbonyl (C=O) groups excluding carboxylic acids is 1. The lowest BCUT2D eigenvalue weighted by atomic mass is 9.62. The number of hydrogen-bond donors (Lipinski definition) is 2. The van der Waals surface area contributed by atoms with E-state index in [1.54, 1.807) is 26.0 Å². The van der Waals surface area contributed by atoms with Gasteiger partial charge in [-0.1, -0.05) is 62.4 Å². The first-order valence-electron chi connectivity index (χ1n) is 10.1. The van der Waals surface area contributed by atoms with Crippen molar-refractivity contribution < 1.29 is 19.8 Å². The number of aliphatic hydroxyl groups is 1. The van der Waals surface area contributed by atoms with Crippen molar-refractivity contribution in [2.24, 2.45) is 5.41 Å². The molecular weight excluding hydrogens is 376 g/mol. The average molecular weight is 405 g/mol. The summed E-state index contributed by atoms with van der Waals surface area (Å²) in [6, 6.07) is 14.1. The van der Waals surface area contributed by atoms with Gasteiger partial charge in [0.1, 0.15) is 5.60 Å². The normalized spacial score (nSPS) is 22.2. The molecule has 0 bridgehead atoms. The molecule has 156 valence electrons. The highest BCUT2D eigenvalue weighted by Crippen LogP contribution is 2.47. The van der Waals surface area contributed by atoms with Gasteiger partial charge in [0, 0.05) is 29.9 Å². The monoisotopic (exact) mass is 404 g/mol. The zero-order valence-corrected chi connectivity index (χ0v) is 17.9. The molecular formula is C26H28O4. The molecule has 1 aliphatic rings. The molecule has 30 heavy (non-hydrogen) atoms. The summed E-state index contributed by atoms with van der Waals surface area (Å²) in [5.74, 6) is -0.993. The van der Waals surface area contributed by atoms with E-state index in [9.17, 15) is 14.7 Å². The molecule has 0 aliphatic heterocycles. The van der Waals surface area contributed by atoms with E-state index >= 15 is 0 Å². The van der Waals surface area contributed by atoms with Crippen LogP contribution in [-0.4, -0.2) is 27.6 Å². The Morgan fingerprint density at radius 2 is 1.80 bits per heavy atom. The third-order valence-corrected chi connectivity index (χ3v) is 6.18. The quantitative estimate of drug-likeness (QED) is 0.542. The van der Waals surface area contributed by atoms with Gasteiger partial charge in [0.05, 0.1) is 0 Å². The first-order valence-corrected chi connectivity index (χ1v) is 10.1. The van der Waals surface area contributed by atoms with Crippen LogP contribution >= 0.6 is 0 Å². The maximum atomic E-state index is 13.0. The second-order valence-corrected chi connectivity index (χ2v) is 8.73. The number of carbonyl (C=O) groups is 2. The Bertz CT molecular complexity index is 1100. The molecule has 2 aromatic carbocycles. The van der Waals surface area contributed by atoms with Gasteiger partial charge in [-0.25, -0.2) is 4.79 Å². The maximum absolute atomic E-state index is 13.0. The fourth-order valence-electron chi connectivity index (χ4n) is 4.30. The van der Waals surface area contributed by atoms with Crippen molar-refractivity contribution >= 4 is 22.5 Å². The molecule has 4 heteroatoms. The van der Waals surface area contributed by atoms with Crippen LogP contribution < -0.4 is 0 Å². The summed E-state index contributed by atoms with van der Waals surface area (Å²) in [6.07, 6.45) is 5.00. The van der Waals surface area contributed by atoms with E-state index in [-0.39, 0.29) is 12.2 Å². The van der Waals surface area contributed by atoms with E-state index in [4.69, 9.17) is 5.11 Å². The van der Waals surface area contributed by atoms with Crippen molar-refractivity contribution in [1.82, 2.24) is 0 Å². The van der Waals surface area contributed by atoms with Gasteiger partial charge >= 0.3 is 5.97 Å². The van der Waals surface area contributed by atoms with Crippen LogP contribution in [0.15, 0.2) is 77.4 Å². The van der Waals surface area contributed by atoms with E-state index in [0.717, 1.165) is 22.4 Å². The van der Waals surface area contributed by atoms with Crippen molar-refractivity contribution in [2.75, 3.05) is 0 Å². The standard InChI is InChI=1S/C26H28O4/c1-17(14-24(28)29)12-13-26(30)18(2)22(23(27)16-25(26,3)4)15-20-10-7-9-19-8-5-6-11-21(19)20/h5-14,30H,15-16H2,1-4H3,(H,28,29)/b13-12+,17-14-/t26-/m0/s1. The molecule has 1 aliphatic carbocycles. The van der Waals surface area contributed by atoms with Crippen LogP contribution in [0.25, 0.3) is 10.8 Å². The Hall–Kier alpha value is -2.98. The van der Waals surface area contributed by atoms with E-state index < -0.39 is 17.0 Å². The Balaban J connectivity index is 2.08. The fraction of sp³-hybridized carbons (Fsp3) is 0.308. The third-order valence-electron chi connectivity index (χ3n) is 6.18. The van der Waals surface area contributed by atoms with Gasteiger partial charge < -0.3 is 10.2 Å². The van der Waals surface area contributed by atoms with Gasteiger partial charge in [-0.2, -0.15) is 0 Å². The summed E-state index contributed by atoms with van der Waals surface area (Å²) >= 11 is 0. The lowest BCUT2D eigenvalue weighted by Gasteiger charge is -2.46. The van der Waals surface area contributed by atoms with Crippen LogP contribution in [0.2, 0.25) is 0 Å². The minimum absolute atomic E-state index is 0.0429. The summed E-state index contributed by atoms with van der Waals surface area (Å²) < 4.78 is 0. The molecule has 0 heterocycles. The van der Waals surface area contributed by atoms with Crippen LogP contribution in [0, 0.1) is 5.41 Å². The van der Waals surface area contributed by atoms with Gasteiger partial charge in [0.2, 0.25) is 0 Å². The van der Waals surface area contributed by atoms with Crippen LogP contribution in [0.5, 0.6) is 0 Å². The zero-order chi connectivity index (χ0) is 22.1. The molecule has 0 saturated heterocycles. The molecule has 0 radical (unpaired) electrons. The number of rotatable bonds is 5. The largest absolute Gasteiger partial charge is 0.478 e. The zero-order valence-electron chi connectivity index (χ0n) is 17.9. The van der Waals surface area contributed by atoms with Gasteiger partial charge in [0.25, 0.3) is 0 Å². The van der Waals surface area contributed by atoms with Crippen LogP contribution in [0.1, 0.15) is 39.7 Å². The number of carboxylic acids is 1. The first kappa shape index (κ1) is 21.7. The van der Waals surface area contributed by atoms with Gasteiger partial charge in [-0.05, 0) is 47.4 Å². The van der Waals surface area contributed by atoms with Crippen molar-refractivity contribution in [3.63, 3.8) is 0 Å². The predicted molar refractivity (Wildman–Crippen MR) is 119 cm³/mol. The maximum Gasteiger partial charge on any atom is 0.328 e. The Labute approximate surface area is 177 Å². The van der Waals surface area contributed by atoms with E-state index in [1.165, 1.54) is 0 Å². The van der Waals surface area contributed by atoms with Crippen LogP contribution in [-0.2, 0) is 16.0 Å². The van der Waals surface area contributed by atoms with Crippen LogP contribution in [0.3, 0.4) is 0 Å². The minimum Gasteiger partial charge on any atom is -0.478 e. The number of hydrogen-bond acceptors (Lipinski definition) is 3. The van der Waals surface area contributed by atoms with E-state index in [0.29, 0.717) is 23.1 Å².